The highest BCUT2D eigenvalue weighted by molar-refractivity contribution is 5.82. The van der Waals surface area contributed by atoms with Crippen LogP contribution in [0.4, 0.5) is 8.78 Å². The van der Waals surface area contributed by atoms with Gasteiger partial charge in [-0.15, -0.1) is 0 Å². The molecule has 0 aliphatic carbocycles. The molecule has 18 heavy (non-hydrogen) atoms. The maximum Gasteiger partial charge on any atom is 0.262 e. The number of nitrogens with zero attached hydrogens (tertiary/aromatic N) is 1. The Hall–Kier alpha value is -0.750. The Morgan fingerprint density at radius 3 is 2.78 bits per heavy atom. The van der Waals surface area contributed by atoms with Gasteiger partial charge in [0.15, 0.2) is 0 Å². The van der Waals surface area contributed by atoms with Crippen molar-refractivity contribution >= 4 is 5.91 Å². The monoisotopic (exact) mass is 262 g/mol. The summed E-state index contributed by atoms with van der Waals surface area (Å²) < 4.78 is 31.7. The fourth-order valence-electron chi connectivity index (χ4n) is 2.39. The number of nitrogens with one attached hydrogen (secondary N) is 1. The van der Waals surface area contributed by atoms with E-state index in [4.69, 9.17) is 4.74 Å². The molecular formula is C12H20F2N2O2. The molecule has 0 spiro atoms. The van der Waals surface area contributed by atoms with Gasteiger partial charge in [0.25, 0.3) is 5.92 Å². The highest BCUT2D eigenvalue weighted by Crippen LogP contribution is 2.26. The molecular weight excluding hydrogens is 242 g/mol. The van der Waals surface area contributed by atoms with E-state index in [1.54, 1.807) is 4.90 Å². The van der Waals surface area contributed by atoms with Crippen LogP contribution in [0.3, 0.4) is 0 Å². The second-order valence-electron chi connectivity index (χ2n) is 5.43. The summed E-state index contributed by atoms with van der Waals surface area (Å²) in [4.78, 5) is 13.8. The van der Waals surface area contributed by atoms with E-state index >= 15 is 0 Å². The van der Waals surface area contributed by atoms with Gasteiger partial charge in [-0.05, 0) is 5.92 Å². The molecule has 2 heterocycles. The van der Waals surface area contributed by atoms with Crippen LogP contribution < -0.4 is 5.32 Å². The fourth-order valence-corrected chi connectivity index (χ4v) is 2.39. The molecule has 0 bridgehead atoms. The SMILES string of the molecule is CC(C)C1CN(C(=O)C2CC(F)(F)CN2)CCO1. The number of hydrogen-bond acceptors (Lipinski definition) is 3. The number of rotatable bonds is 2. The molecule has 2 rings (SSSR count). The summed E-state index contributed by atoms with van der Waals surface area (Å²) in [5.41, 5.74) is 0. The molecule has 6 heteroatoms. The van der Waals surface area contributed by atoms with Crippen LogP contribution in [0.2, 0.25) is 0 Å². The fraction of sp³-hybridized carbons (Fsp3) is 0.917. The van der Waals surface area contributed by atoms with Gasteiger partial charge >= 0.3 is 0 Å². The molecule has 2 unspecified atom stereocenters. The molecule has 0 saturated carbocycles. The summed E-state index contributed by atoms with van der Waals surface area (Å²) in [6.45, 7) is 5.13. The van der Waals surface area contributed by atoms with Gasteiger partial charge in [0.2, 0.25) is 5.91 Å². The van der Waals surface area contributed by atoms with Crippen molar-refractivity contribution in [2.45, 2.75) is 38.3 Å². The van der Waals surface area contributed by atoms with E-state index in [9.17, 15) is 13.6 Å². The van der Waals surface area contributed by atoms with Crippen molar-refractivity contribution in [1.82, 2.24) is 10.2 Å². The first-order valence-corrected chi connectivity index (χ1v) is 6.41. The van der Waals surface area contributed by atoms with Crippen LogP contribution in [-0.2, 0) is 9.53 Å². The van der Waals surface area contributed by atoms with Gasteiger partial charge in [-0.2, -0.15) is 0 Å². The van der Waals surface area contributed by atoms with Gasteiger partial charge in [-0.25, -0.2) is 8.78 Å². The van der Waals surface area contributed by atoms with Crippen molar-refractivity contribution in [2.24, 2.45) is 5.92 Å². The third-order valence-electron chi connectivity index (χ3n) is 3.56. The lowest BCUT2D eigenvalue weighted by molar-refractivity contribution is -0.142. The molecule has 104 valence electrons. The Balaban J connectivity index is 1.93. The normalized spacial score (nSPS) is 31.9. The first kappa shape index (κ1) is 13.7. The Morgan fingerprint density at radius 1 is 1.50 bits per heavy atom. The highest BCUT2D eigenvalue weighted by Gasteiger charge is 2.44. The molecule has 0 aromatic heterocycles. The van der Waals surface area contributed by atoms with Crippen molar-refractivity contribution in [2.75, 3.05) is 26.2 Å². The predicted octanol–water partition coefficient (Wildman–Crippen LogP) is 0.867. The van der Waals surface area contributed by atoms with E-state index in [0.29, 0.717) is 25.6 Å². The molecule has 2 saturated heterocycles. The predicted molar refractivity (Wildman–Crippen MR) is 62.5 cm³/mol. The van der Waals surface area contributed by atoms with Gasteiger partial charge in [0, 0.05) is 19.5 Å². The Kier molecular flexibility index (Phi) is 3.87. The van der Waals surface area contributed by atoms with E-state index in [2.05, 4.69) is 5.32 Å². The van der Waals surface area contributed by atoms with Crippen molar-refractivity contribution in [3.05, 3.63) is 0 Å². The topological polar surface area (TPSA) is 41.6 Å². The lowest BCUT2D eigenvalue weighted by atomic mass is 10.0. The second kappa shape index (κ2) is 5.09. The molecule has 0 aromatic rings. The first-order chi connectivity index (χ1) is 8.39. The number of alkyl halides is 2. The van der Waals surface area contributed by atoms with Gasteiger partial charge in [-0.3, -0.25) is 10.1 Å². The molecule has 1 amide bonds. The molecule has 2 aliphatic rings. The lowest BCUT2D eigenvalue weighted by Gasteiger charge is -2.36. The zero-order valence-electron chi connectivity index (χ0n) is 10.8. The van der Waals surface area contributed by atoms with Gasteiger partial charge in [0.1, 0.15) is 0 Å². The Labute approximate surface area is 106 Å². The molecule has 2 aliphatic heterocycles. The average molecular weight is 262 g/mol. The minimum absolute atomic E-state index is 0.00427. The highest BCUT2D eigenvalue weighted by atomic mass is 19.3. The Morgan fingerprint density at radius 2 is 2.22 bits per heavy atom. The largest absolute Gasteiger partial charge is 0.374 e. The zero-order valence-corrected chi connectivity index (χ0v) is 10.8. The van der Waals surface area contributed by atoms with E-state index in [-0.39, 0.29) is 12.0 Å². The first-order valence-electron chi connectivity index (χ1n) is 6.41. The number of halogens is 2. The summed E-state index contributed by atoms with van der Waals surface area (Å²) in [5, 5.41) is 2.61. The Bertz CT molecular complexity index is 323. The summed E-state index contributed by atoms with van der Waals surface area (Å²) in [5.74, 6) is -2.66. The number of ether oxygens (including phenoxy) is 1. The number of amides is 1. The summed E-state index contributed by atoms with van der Waals surface area (Å²) >= 11 is 0. The van der Waals surface area contributed by atoms with E-state index in [1.807, 2.05) is 13.8 Å². The number of carbonyl (C=O) groups is 1. The van der Waals surface area contributed by atoms with Crippen molar-refractivity contribution in [3.8, 4) is 0 Å². The van der Waals surface area contributed by atoms with Gasteiger partial charge in [-0.1, -0.05) is 13.8 Å². The van der Waals surface area contributed by atoms with Crippen LogP contribution in [-0.4, -0.2) is 55.1 Å². The van der Waals surface area contributed by atoms with Crippen molar-refractivity contribution < 1.29 is 18.3 Å². The quantitative estimate of drug-likeness (QED) is 0.803. The zero-order chi connectivity index (χ0) is 13.3. The lowest BCUT2D eigenvalue weighted by Crippen LogP contribution is -2.52. The molecule has 0 radical (unpaired) electrons. The van der Waals surface area contributed by atoms with E-state index in [0.717, 1.165) is 0 Å². The van der Waals surface area contributed by atoms with Gasteiger partial charge < -0.3 is 9.64 Å². The number of morpholine rings is 1. The van der Waals surface area contributed by atoms with Crippen LogP contribution in [0.25, 0.3) is 0 Å². The summed E-state index contributed by atoms with van der Waals surface area (Å²) in [6.07, 6.45) is -0.389. The minimum Gasteiger partial charge on any atom is -0.374 e. The van der Waals surface area contributed by atoms with Crippen molar-refractivity contribution in [3.63, 3.8) is 0 Å². The third-order valence-corrected chi connectivity index (χ3v) is 3.56. The maximum atomic E-state index is 13.1. The van der Waals surface area contributed by atoms with Crippen LogP contribution in [0.5, 0.6) is 0 Å². The van der Waals surface area contributed by atoms with Crippen LogP contribution >= 0.6 is 0 Å². The molecule has 2 atom stereocenters. The standard InChI is InChI=1S/C12H20F2N2O2/c1-8(2)10-6-16(3-4-18-10)11(17)9-5-12(13,14)7-15-9/h8-10,15H,3-7H2,1-2H3. The smallest absolute Gasteiger partial charge is 0.262 e. The van der Waals surface area contributed by atoms with E-state index < -0.39 is 24.9 Å². The van der Waals surface area contributed by atoms with Crippen LogP contribution in [0.15, 0.2) is 0 Å². The van der Waals surface area contributed by atoms with Crippen LogP contribution in [0.1, 0.15) is 20.3 Å². The molecule has 4 nitrogen and oxygen atoms in total. The summed E-state index contributed by atoms with van der Waals surface area (Å²) in [6, 6.07) is -0.745. The van der Waals surface area contributed by atoms with Gasteiger partial charge in [0.05, 0.1) is 25.3 Å². The number of carbonyl (C=O) groups excluding carboxylic acids is 1. The third kappa shape index (κ3) is 2.98. The number of hydrogen-bond donors (Lipinski definition) is 1. The minimum atomic E-state index is -2.76. The average Bonchev–Trinajstić information content (AvgIpc) is 2.69. The molecule has 2 fully saturated rings. The molecule has 0 aromatic carbocycles. The maximum absolute atomic E-state index is 13.1. The summed E-state index contributed by atoms with van der Waals surface area (Å²) in [7, 11) is 0. The van der Waals surface area contributed by atoms with Crippen molar-refractivity contribution in [1.29, 1.82) is 0 Å². The second-order valence-corrected chi connectivity index (χ2v) is 5.43. The van der Waals surface area contributed by atoms with Crippen LogP contribution in [0, 0.1) is 5.92 Å². The molecule has 1 N–H and O–H groups in total. The van der Waals surface area contributed by atoms with E-state index in [1.165, 1.54) is 0 Å².